The molecule has 1 fully saturated rings. The van der Waals surface area contributed by atoms with Crippen molar-refractivity contribution in [3.8, 4) is 5.75 Å². The van der Waals surface area contributed by atoms with E-state index in [-0.39, 0.29) is 23.7 Å². The Hall–Kier alpha value is -4.24. The normalized spacial score (nSPS) is 19.4. The summed E-state index contributed by atoms with van der Waals surface area (Å²) in [5.74, 6) is -0.741. The van der Waals surface area contributed by atoms with Gasteiger partial charge in [-0.3, -0.25) is 24.3 Å². The predicted octanol–water partition coefficient (Wildman–Crippen LogP) is 3.37. The van der Waals surface area contributed by atoms with Crippen LogP contribution in [-0.4, -0.2) is 45.7 Å². The second kappa shape index (κ2) is 10.1. The Labute approximate surface area is 224 Å². The van der Waals surface area contributed by atoms with Crippen LogP contribution in [0.5, 0.6) is 5.75 Å². The first-order valence-corrected chi connectivity index (χ1v) is 13.1. The summed E-state index contributed by atoms with van der Waals surface area (Å²) in [4.78, 5) is 44.3. The third kappa shape index (κ3) is 4.85. The Morgan fingerprint density at radius 1 is 1.13 bits per heavy atom. The lowest BCUT2D eigenvalue weighted by Gasteiger charge is -2.42. The number of likely N-dealkylation sites (tertiary alicyclic amines) is 1. The summed E-state index contributed by atoms with van der Waals surface area (Å²) in [6, 6.07) is 16.0. The second-order valence-electron chi connectivity index (χ2n) is 10.5. The van der Waals surface area contributed by atoms with Crippen molar-refractivity contribution in [2.45, 2.75) is 37.8 Å². The zero-order chi connectivity index (χ0) is 27.1. The van der Waals surface area contributed by atoms with Gasteiger partial charge in [0.2, 0.25) is 11.2 Å². The molecular weight excluding hydrogens is 498 g/mol. The van der Waals surface area contributed by atoms with Crippen molar-refractivity contribution in [1.29, 1.82) is 0 Å². The van der Waals surface area contributed by atoms with Crippen molar-refractivity contribution < 1.29 is 19.1 Å². The van der Waals surface area contributed by atoms with Gasteiger partial charge in [-0.2, -0.15) is 0 Å². The molecule has 0 saturated carbocycles. The molecule has 2 aliphatic rings. The van der Waals surface area contributed by atoms with Crippen molar-refractivity contribution in [2.24, 2.45) is 5.92 Å². The number of fused-ring (bicyclic) bond motifs is 5. The fraction of sp³-hybridized carbons (Fsp3) is 0.333. The fourth-order valence-corrected chi connectivity index (χ4v) is 6.14. The predicted molar refractivity (Wildman–Crippen MR) is 144 cm³/mol. The van der Waals surface area contributed by atoms with Crippen molar-refractivity contribution >= 4 is 16.9 Å². The minimum absolute atomic E-state index is 0.0333. The van der Waals surface area contributed by atoms with Gasteiger partial charge < -0.3 is 18.8 Å². The number of benzene rings is 1. The molecule has 3 aromatic heterocycles. The highest BCUT2D eigenvalue weighted by molar-refractivity contribution is 5.80. The molecule has 5 heterocycles. The van der Waals surface area contributed by atoms with Crippen molar-refractivity contribution in [3.63, 3.8) is 0 Å². The van der Waals surface area contributed by atoms with Crippen LogP contribution in [0.1, 0.15) is 47.5 Å². The Morgan fingerprint density at radius 3 is 2.85 bits per heavy atom. The van der Waals surface area contributed by atoms with Gasteiger partial charge in [0.15, 0.2) is 5.76 Å². The molecule has 1 N–H and O–H groups in total. The van der Waals surface area contributed by atoms with Gasteiger partial charge in [0.1, 0.15) is 5.76 Å². The zero-order valence-corrected chi connectivity index (χ0v) is 21.6. The minimum atomic E-state index is -0.728. The number of hydrogen-bond acceptors (Lipinski definition) is 8. The third-order valence-corrected chi connectivity index (χ3v) is 7.88. The molecule has 4 aromatic rings. The van der Waals surface area contributed by atoms with E-state index in [9.17, 15) is 19.5 Å². The molecule has 2 aliphatic heterocycles. The number of piperidine rings is 1. The molecular formula is C30H29N3O6. The van der Waals surface area contributed by atoms with Crippen LogP contribution in [-0.2, 0) is 22.6 Å². The highest BCUT2D eigenvalue weighted by Gasteiger charge is 2.35. The Balaban J connectivity index is 1.33. The number of aromatic hydroxyl groups is 1. The number of carbonyl (C=O) groups excluding carboxylic acids is 1. The van der Waals surface area contributed by atoms with E-state index < -0.39 is 23.1 Å². The number of aromatic nitrogens is 2. The van der Waals surface area contributed by atoms with E-state index in [0.29, 0.717) is 30.3 Å². The van der Waals surface area contributed by atoms with E-state index in [1.165, 1.54) is 13.2 Å². The standard InChI is InChI=1S/C30H29N3O6/c1-38-28(36)13-23(19-7-8-24-20(11-19)4-3-9-31-24)30-29(37)26(34)12-22(39-30)17-32-14-18-10-21(16-32)25-5-2-6-27(35)33(25)15-18/h2-9,11-12,18,21,23,37H,10,13-17H2,1H3/t18-,21+,23+/m0/s1. The fourth-order valence-electron chi connectivity index (χ4n) is 6.14. The van der Waals surface area contributed by atoms with E-state index in [1.54, 1.807) is 12.3 Å². The number of rotatable bonds is 6. The number of carbonyl (C=O) groups is 1. The number of esters is 1. The first-order chi connectivity index (χ1) is 18.9. The number of pyridine rings is 2. The summed E-state index contributed by atoms with van der Waals surface area (Å²) in [7, 11) is 1.30. The van der Waals surface area contributed by atoms with E-state index in [0.717, 1.165) is 36.1 Å². The van der Waals surface area contributed by atoms with Gasteiger partial charge in [0, 0.05) is 55.0 Å². The second-order valence-corrected chi connectivity index (χ2v) is 10.5. The van der Waals surface area contributed by atoms with E-state index in [2.05, 4.69) is 9.88 Å². The van der Waals surface area contributed by atoms with Crippen LogP contribution in [0.15, 0.2) is 74.8 Å². The van der Waals surface area contributed by atoms with E-state index in [4.69, 9.17) is 9.15 Å². The number of methoxy groups -OCH3 is 1. The highest BCUT2D eigenvalue weighted by Crippen LogP contribution is 2.37. The van der Waals surface area contributed by atoms with Crippen LogP contribution in [0.2, 0.25) is 0 Å². The average Bonchev–Trinajstić information content (AvgIpc) is 2.94. The molecule has 9 nitrogen and oxygen atoms in total. The molecule has 9 heteroatoms. The van der Waals surface area contributed by atoms with Gasteiger partial charge in [0.25, 0.3) is 5.56 Å². The summed E-state index contributed by atoms with van der Waals surface area (Å²) >= 11 is 0. The molecule has 0 spiro atoms. The monoisotopic (exact) mass is 527 g/mol. The molecule has 0 unspecified atom stereocenters. The molecule has 1 aromatic carbocycles. The van der Waals surface area contributed by atoms with Gasteiger partial charge >= 0.3 is 5.97 Å². The first-order valence-electron chi connectivity index (χ1n) is 13.1. The van der Waals surface area contributed by atoms with Crippen molar-refractivity contribution in [3.05, 3.63) is 104 Å². The van der Waals surface area contributed by atoms with Gasteiger partial charge in [-0.15, -0.1) is 0 Å². The maximum atomic E-state index is 12.9. The molecule has 0 radical (unpaired) electrons. The lowest BCUT2D eigenvalue weighted by molar-refractivity contribution is -0.140. The molecule has 2 bridgehead atoms. The van der Waals surface area contributed by atoms with Crippen molar-refractivity contribution in [2.75, 3.05) is 20.2 Å². The topological polar surface area (TPSA) is 115 Å². The summed E-state index contributed by atoms with van der Waals surface area (Å²) < 4.78 is 13.0. The smallest absolute Gasteiger partial charge is 0.306 e. The number of hydrogen-bond donors (Lipinski definition) is 1. The van der Waals surface area contributed by atoms with E-state index in [1.807, 2.05) is 47.0 Å². The van der Waals surface area contributed by atoms with Crippen LogP contribution in [0.3, 0.4) is 0 Å². The molecule has 0 amide bonds. The molecule has 6 rings (SSSR count). The summed E-state index contributed by atoms with van der Waals surface area (Å²) in [6.45, 7) is 2.54. The lowest BCUT2D eigenvalue weighted by atomic mass is 9.83. The lowest BCUT2D eigenvalue weighted by Crippen LogP contribution is -2.46. The summed E-state index contributed by atoms with van der Waals surface area (Å²) in [5.41, 5.74) is 2.01. The van der Waals surface area contributed by atoms with Crippen LogP contribution < -0.4 is 11.0 Å². The Kier molecular flexibility index (Phi) is 6.52. The molecule has 3 atom stereocenters. The third-order valence-electron chi connectivity index (χ3n) is 7.88. The van der Waals surface area contributed by atoms with Crippen LogP contribution >= 0.6 is 0 Å². The molecule has 1 saturated heterocycles. The van der Waals surface area contributed by atoms with Gasteiger partial charge in [0.05, 0.1) is 31.5 Å². The largest absolute Gasteiger partial charge is 0.502 e. The molecule has 39 heavy (non-hydrogen) atoms. The van der Waals surface area contributed by atoms with Crippen LogP contribution in [0, 0.1) is 5.92 Å². The zero-order valence-electron chi connectivity index (χ0n) is 21.6. The number of ether oxygens (including phenoxy) is 1. The maximum Gasteiger partial charge on any atom is 0.306 e. The first kappa shape index (κ1) is 25.1. The van der Waals surface area contributed by atoms with E-state index >= 15 is 0 Å². The SMILES string of the molecule is COC(=O)C[C@H](c1ccc2ncccc2c1)c1oc(CN2C[C@@H]3C[C@H](C2)c2cccc(=O)n2C3)cc(=O)c1O. The summed E-state index contributed by atoms with van der Waals surface area (Å²) in [5, 5.41) is 11.7. The van der Waals surface area contributed by atoms with Crippen molar-refractivity contribution in [1.82, 2.24) is 14.5 Å². The quantitative estimate of drug-likeness (QED) is 0.380. The highest BCUT2D eigenvalue weighted by atomic mass is 16.5. The van der Waals surface area contributed by atoms with Gasteiger partial charge in [-0.1, -0.05) is 18.2 Å². The number of nitrogens with zero attached hydrogens (tertiary/aromatic N) is 3. The van der Waals surface area contributed by atoms with Crippen LogP contribution in [0.25, 0.3) is 10.9 Å². The Morgan fingerprint density at radius 2 is 2.00 bits per heavy atom. The Bertz CT molecular complexity index is 1680. The molecule has 0 aliphatic carbocycles. The van der Waals surface area contributed by atoms with Gasteiger partial charge in [-0.25, -0.2) is 0 Å². The minimum Gasteiger partial charge on any atom is -0.502 e. The van der Waals surface area contributed by atoms with Gasteiger partial charge in [-0.05, 0) is 42.2 Å². The average molecular weight is 528 g/mol. The maximum absolute atomic E-state index is 12.9. The molecule has 200 valence electrons. The summed E-state index contributed by atoms with van der Waals surface area (Å²) in [6.07, 6.45) is 2.61. The van der Waals surface area contributed by atoms with Crippen LogP contribution in [0.4, 0.5) is 0 Å².